The first-order chi connectivity index (χ1) is 16.7. The van der Waals surface area contributed by atoms with E-state index in [2.05, 4.69) is 5.32 Å². The van der Waals surface area contributed by atoms with E-state index in [0.29, 0.717) is 22.8 Å². The van der Waals surface area contributed by atoms with Crippen LogP contribution in [0, 0.1) is 0 Å². The molecule has 0 fully saturated rings. The molecule has 8 nitrogen and oxygen atoms in total. The molecule has 0 aromatic heterocycles. The number of ether oxygens (including phenoxy) is 3. The molecule has 0 atom stereocenters. The Morgan fingerprint density at radius 2 is 1.57 bits per heavy atom. The summed E-state index contributed by atoms with van der Waals surface area (Å²) in [5.74, 6) is 0.697. The topological polar surface area (TPSA) is 94.2 Å². The predicted molar refractivity (Wildman–Crippen MR) is 135 cm³/mol. The van der Waals surface area contributed by atoms with Crippen LogP contribution >= 0.6 is 23.2 Å². The van der Waals surface area contributed by atoms with Crippen molar-refractivity contribution in [3.05, 3.63) is 76.3 Å². The van der Waals surface area contributed by atoms with Gasteiger partial charge < -0.3 is 19.5 Å². The molecule has 0 aliphatic carbocycles. The zero-order valence-corrected chi connectivity index (χ0v) is 21.6. The van der Waals surface area contributed by atoms with Gasteiger partial charge in [0, 0.05) is 12.1 Å². The Labute approximate surface area is 214 Å². The highest BCUT2D eigenvalue weighted by Crippen LogP contribution is 2.39. The molecular weight excluding hydrogens is 515 g/mol. The van der Waals surface area contributed by atoms with Gasteiger partial charge in [-0.2, -0.15) is 0 Å². The van der Waals surface area contributed by atoms with E-state index < -0.39 is 22.5 Å². The molecule has 0 spiro atoms. The van der Waals surface area contributed by atoms with E-state index in [4.69, 9.17) is 37.4 Å². The van der Waals surface area contributed by atoms with Gasteiger partial charge in [0.1, 0.15) is 6.54 Å². The number of methoxy groups -OCH3 is 3. The second-order valence-electron chi connectivity index (χ2n) is 7.19. The number of sulfonamides is 1. The van der Waals surface area contributed by atoms with Crippen LogP contribution in [0.25, 0.3) is 0 Å². The smallest absolute Gasteiger partial charge is 0.264 e. The number of anilines is 1. The summed E-state index contributed by atoms with van der Waals surface area (Å²) >= 11 is 12.1. The van der Waals surface area contributed by atoms with E-state index in [1.807, 2.05) is 0 Å². The lowest BCUT2D eigenvalue weighted by Gasteiger charge is -2.24. The van der Waals surface area contributed by atoms with Crippen LogP contribution < -0.4 is 23.8 Å². The van der Waals surface area contributed by atoms with Gasteiger partial charge >= 0.3 is 0 Å². The van der Waals surface area contributed by atoms with Crippen LogP contribution in [0.5, 0.6) is 17.2 Å². The summed E-state index contributed by atoms with van der Waals surface area (Å²) in [5.41, 5.74) is 0.813. The molecule has 0 aliphatic heterocycles. The van der Waals surface area contributed by atoms with Crippen molar-refractivity contribution < 1.29 is 27.4 Å². The molecule has 0 saturated heterocycles. The van der Waals surface area contributed by atoms with Crippen molar-refractivity contribution in [1.29, 1.82) is 0 Å². The minimum atomic E-state index is -4.08. The molecule has 3 aromatic rings. The zero-order valence-electron chi connectivity index (χ0n) is 19.2. The third kappa shape index (κ3) is 5.93. The van der Waals surface area contributed by atoms with E-state index in [9.17, 15) is 13.2 Å². The van der Waals surface area contributed by atoms with Gasteiger partial charge in [0.25, 0.3) is 10.0 Å². The lowest BCUT2D eigenvalue weighted by atomic mass is 10.1. The van der Waals surface area contributed by atoms with Gasteiger partial charge in [0.15, 0.2) is 11.5 Å². The first-order valence-electron chi connectivity index (χ1n) is 10.3. The Morgan fingerprint density at radius 3 is 2.17 bits per heavy atom. The van der Waals surface area contributed by atoms with Crippen LogP contribution in [0.1, 0.15) is 5.56 Å². The molecule has 0 bridgehead atoms. The van der Waals surface area contributed by atoms with Crippen molar-refractivity contribution in [3.63, 3.8) is 0 Å². The molecule has 1 N–H and O–H groups in total. The van der Waals surface area contributed by atoms with Gasteiger partial charge in [-0.3, -0.25) is 9.10 Å². The lowest BCUT2D eigenvalue weighted by molar-refractivity contribution is -0.119. The highest BCUT2D eigenvalue weighted by atomic mass is 35.5. The van der Waals surface area contributed by atoms with Gasteiger partial charge in [-0.05, 0) is 42.5 Å². The van der Waals surface area contributed by atoms with E-state index in [1.54, 1.807) is 30.3 Å². The normalized spacial score (nSPS) is 11.0. The van der Waals surface area contributed by atoms with Gasteiger partial charge in [0.05, 0.1) is 42.0 Å². The van der Waals surface area contributed by atoms with Crippen molar-refractivity contribution in [3.8, 4) is 17.2 Å². The van der Waals surface area contributed by atoms with Crippen molar-refractivity contribution in [2.45, 2.75) is 11.4 Å². The Hall–Kier alpha value is -3.14. The first-order valence-corrected chi connectivity index (χ1v) is 12.5. The van der Waals surface area contributed by atoms with Crippen LogP contribution in [0.15, 0.2) is 65.6 Å². The van der Waals surface area contributed by atoms with Crippen LogP contribution in [0.2, 0.25) is 10.0 Å². The number of hydrogen-bond acceptors (Lipinski definition) is 6. The van der Waals surface area contributed by atoms with Gasteiger partial charge in [-0.25, -0.2) is 8.42 Å². The number of nitrogens with one attached hydrogen (secondary N) is 1. The van der Waals surface area contributed by atoms with Crippen molar-refractivity contribution in [2.24, 2.45) is 0 Å². The molecule has 11 heteroatoms. The number of nitrogens with zero attached hydrogens (tertiary/aromatic N) is 1. The van der Waals surface area contributed by atoms with Crippen molar-refractivity contribution in [1.82, 2.24) is 5.32 Å². The predicted octanol–water partition coefficient (Wildman–Crippen LogP) is 4.53. The molecule has 35 heavy (non-hydrogen) atoms. The highest BCUT2D eigenvalue weighted by molar-refractivity contribution is 7.92. The Morgan fingerprint density at radius 1 is 0.886 bits per heavy atom. The number of carbonyl (C=O) groups is 1. The van der Waals surface area contributed by atoms with Crippen molar-refractivity contribution in [2.75, 3.05) is 32.2 Å². The van der Waals surface area contributed by atoms with Crippen LogP contribution in [0.3, 0.4) is 0 Å². The fourth-order valence-corrected chi connectivity index (χ4v) is 5.08. The molecule has 3 rings (SSSR count). The Bertz CT molecular complexity index is 1300. The Balaban J connectivity index is 1.89. The summed E-state index contributed by atoms with van der Waals surface area (Å²) in [6.45, 7) is -0.437. The van der Waals surface area contributed by atoms with Crippen molar-refractivity contribution >= 4 is 44.8 Å². The monoisotopic (exact) mass is 538 g/mol. The Kier molecular flexibility index (Phi) is 8.71. The fraction of sp³-hybridized carbons (Fsp3) is 0.208. The van der Waals surface area contributed by atoms with Crippen LogP contribution in [-0.4, -0.2) is 42.2 Å². The molecule has 0 unspecified atom stereocenters. The third-order valence-corrected chi connectivity index (χ3v) is 7.60. The van der Waals surface area contributed by atoms with Crippen LogP contribution in [0.4, 0.5) is 5.69 Å². The van der Waals surface area contributed by atoms with E-state index >= 15 is 0 Å². The summed E-state index contributed by atoms with van der Waals surface area (Å²) < 4.78 is 43.9. The standard InChI is InChI=1S/C24H24Cl2N2O6S/c1-32-21-12-9-16(23(33-2)24(21)34-3)14-27-22(29)15-28(17-10-11-19(25)20(26)13-17)35(30,31)18-7-5-4-6-8-18/h4-13H,14-15H2,1-3H3,(H,27,29). The van der Waals surface area contributed by atoms with Gasteiger partial charge in [-0.15, -0.1) is 0 Å². The molecule has 0 saturated carbocycles. The number of amides is 1. The second kappa shape index (κ2) is 11.5. The molecule has 0 heterocycles. The second-order valence-corrected chi connectivity index (χ2v) is 9.87. The zero-order chi connectivity index (χ0) is 25.6. The van der Waals surface area contributed by atoms with Crippen LogP contribution in [-0.2, 0) is 21.4 Å². The number of carbonyl (C=O) groups excluding carboxylic acids is 1. The number of benzene rings is 3. The maximum absolute atomic E-state index is 13.4. The summed E-state index contributed by atoms with van der Waals surface area (Å²) in [4.78, 5) is 13.0. The molecule has 186 valence electrons. The summed E-state index contributed by atoms with van der Waals surface area (Å²) in [6.07, 6.45) is 0. The largest absolute Gasteiger partial charge is 0.493 e. The number of halogens is 2. The van der Waals surface area contributed by atoms with E-state index in [1.165, 1.54) is 51.7 Å². The third-order valence-electron chi connectivity index (χ3n) is 5.07. The number of hydrogen-bond donors (Lipinski definition) is 1. The average molecular weight is 539 g/mol. The minimum Gasteiger partial charge on any atom is -0.493 e. The fourth-order valence-electron chi connectivity index (χ4n) is 3.36. The summed E-state index contributed by atoms with van der Waals surface area (Å²) in [7, 11) is 0.371. The molecule has 0 radical (unpaired) electrons. The minimum absolute atomic E-state index is 0.0282. The summed E-state index contributed by atoms with van der Waals surface area (Å²) in [5, 5.41) is 3.15. The maximum atomic E-state index is 13.4. The first kappa shape index (κ1) is 26.5. The number of rotatable bonds is 10. The highest BCUT2D eigenvalue weighted by Gasteiger charge is 2.28. The quantitative estimate of drug-likeness (QED) is 0.407. The molecular formula is C24H24Cl2N2O6S. The van der Waals surface area contributed by atoms with Gasteiger partial charge in [-0.1, -0.05) is 41.4 Å². The maximum Gasteiger partial charge on any atom is 0.264 e. The SMILES string of the molecule is COc1ccc(CNC(=O)CN(c2ccc(Cl)c(Cl)c2)S(=O)(=O)c2ccccc2)c(OC)c1OC. The van der Waals surface area contributed by atoms with E-state index in [0.717, 1.165) is 4.31 Å². The summed E-state index contributed by atoms with van der Waals surface area (Å²) in [6, 6.07) is 15.6. The molecule has 0 aliphatic rings. The van der Waals surface area contributed by atoms with Gasteiger partial charge in [0.2, 0.25) is 11.7 Å². The molecule has 1 amide bonds. The average Bonchev–Trinajstić information content (AvgIpc) is 2.87. The lowest BCUT2D eigenvalue weighted by Crippen LogP contribution is -2.40. The van der Waals surface area contributed by atoms with E-state index in [-0.39, 0.29) is 27.2 Å². The molecule has 3 aromatic carbocycles.